The number of anilines is 1. The molecule has 5 nitrogen and oxygen atoms in total. The average Bonchev–Trinajstić information content (AvgIpc) is 2.87. The van der Waals surface area contributed by atoms with Gasteiger partial charge >= 0.3 is 0 Å². The molecular weight excluding hydrogens is 247 g/mol. The van der Waals surface area contributed by atoms with Gasteiger partial charge in [0.2, 0.25) is 0 Å². The lowest BCUT2D eigenvalue weighted by Gasteiger charge is -2.07. The van der Waals surface area contributed by atoms with E-state index in [0.717, 1.165) is 19.0 Å². The molecule has 0 unspecified atom stereocenters. The zero-order valence-electron chi connectivity index (χ0n) is 10.3. The largest absolute Gasteiger partial charge is 0.398 e. The van der Waals surface area contributed by atoms with Gasteiger partial charge in [-0.25, -0.2) is 9.37 Å². The first-order valence-electron chi connectivity index (χ1n) is 5.96. The van der Waals surface area contributed by atoms with Crippen LogP contribution in [0.4, 0.5) is 10.1 Å². The normalized spacial score (nSPS) is 10.4. The quantitative estimate of drug-likeness (QED) is 0.632. The molecule has 3 N–H and O–H groups in total. The van der Waals surface area contributed by atoms with E-state index in [1.54, 1.807) is 12.5 Å². The van der Waals surface area contributed by atoms with Crippen LogP contribution in [-0.4, -0.2) is 22.0 Å². The van der Waals surface area contributed by atoms with Crippen molar-refractivity contribution in [2.45, 2.75) is 13.0 Å². The number of benzene rings is 1. The number of aryl methyl sites for hydroxylation is 1. The number of carbonyl (C=O) groups excluding carboxylic acids is 1. The summed E-state index contributed by atoms with van der Waals surface area (Å²) in [5.74, 6) is -0.739. The van der Waals surface area contributed by atoms with Gasteiger partial charge in [-0.1, -0.05) is 0 Å². The highest BCUT2D eigenvalue weighted by atomic mass is 19.1. The molecule has 1 amide bonds. The van der Waals surface area contributed by atoms with E-state index >= 15 is 0 Å². The maximum absolute atomic E-state index is 12.9. The van der Waals surface area contributed by atoms with Crippen LogP contribution < -0.4 is 11.1 Å². The monoisotopic (exact) mass is 262 g/mol. The Morgan fingerprint density at radius 2 is 2.32 bits per heavy atom. The lowest BCUT2D eigenvalue weighted by molar-refractivity contribution is 0.0953. The molecule has 1 aromatic carbocycles. The second-order valence-electron chi connectivity index (χ2n) is 4.14. The lowest BCUT2D eigenvalue weighted by atomic mass is 10.1. The molecule has 0 bridgehead atoms. The van der Waals surface area contributed by atoms with Crippen LogP contribution >= 0.6 is 0 Å². The van der Waals surface area contributed by atoms with E-state index in [4.69, 9.17) is 5.73 Å². The Balaban J connectivity index is 1.81. The minimum absolute atomic E-state index is 0.145. The Morgan fingerprint density at radius 1 is 1.47 bits per heavy atom. The van der Waals surface area contributed by atoms with E-state index < -0.39 is 5.82 Å². The van der Waals surface area contributed by atoms with Gasteiger partial charge in [0.05, 0.1) is 11.9 Å². The number of nitrogens with one attached hydrogen (secondary N) is 1. The minimum atomic E-state index is -0.450. The van der Waals surface area contributed by atoms with Crippen molar-refractivity contribution in [3.8, 4) is 0 Å². The van der Waals surface area contributed by atoms with Gasteiger partial charge in [0.1, 0.15) is 5.82 Å². The second kappa shape index (κ2) is 5.99. The molecule has 2 aromatic rings. The molecule has 100 valence electrons. The van der Waals surface area contributed by atoms with Crippen LogP contribution in [0.5, 0.6) is 0 Å². The first kappa shape index (κ1) is 13.1. The highest BCUT2D eigenvalue weighted by Gasteiger charge is 2.09. The van der Waals surface area contributed by atoms with E-state index in [-0.39, 0.29) is 11.6 Å². The van der Waals surface area contributed by atoms with Gasteiger partial charge in [-0.2, -0.15) is 0 Å². The number of hydrogen-bond donors (Lipinski definition) is 2. The van der Waals surface area contributed by atoms with E-state index in [9.17, 15) is 9.18 Å². The van der Waals surface area contributed by atoms with Crippen LogP contribution in [0.15, 0.2) is 36.9 Å². The summed E-state index contributed by atoms with van der Waals surface area (Å²) in [7, 11) is 0. The Morgan fingerprint density at radius 3 is 3.00 bits per heavy atom. The zero-order valence-corrected chi connectivity index (χ0v) is 10.3. The van der Waals surface area contributed by atoms with Crippen LogP contribution in [0.3, 0.4) is 0 Å². The third kappa shape index (κ3) is 3.54. The fraction of sp³-hybridized carbons (Fsp3) is 0.231. The van der Waals surface area contributed by atoms with E-state index in [0.29, 0.717) is 12.1 Å². The molecule has 6 heteroatoms. The van der Waals surface area contributed by atoms with Gasteiger partial charge in [0.15, 0.2) is 0 Å². The van der Waals surface area contributed by atoms with Gasteiger partial charge in [-0.05, 0) is 24.6 Å². The fourth-order valence-electron chi connectivity index (χ4n) is 1.72. The number of nitrogens with two attached hydrogens (primary N) is 1. The van der Waals surface area contributed by atoms with Gasteiger partial charge in [0, 0.05) is 31.2 Å². The number of halogens is 1. The van der Waals surface area contributed by atoms with Crippen molar-refractivity contribution in [1.29, 1.82) is 0 Å². The zero-order chi connectivity index (χ0) is 13.7. The molecule has 0 aliphatic carbocycles. The molecule has 2 rings (SSSR count). The van der Waals surface area contributed by atoms with Crippen molar-refractivity contribution in [3.63, 3.8) is 0 Å². The maximum Gasteiger partial charge on any atom is 0.253 e. The van der Waals surface area contributed by atoms with Gasteiger partial charge in [-0.3, -0.25) is 4.79 Å². The number of carbonyl (C=O) groups is 1. The van der Waals surface area contributed by atoms with E-state index in [1.165, 1.54) is 12.1 Å². The average molecular weight is 262 g/mol. The molecule has 0 aliphatic heterocycles. The molecule has 1 heterocycles. The molecule has 19 heavy (non-hydrogen) atoms. The van der Waals surface area contributed by atoms with Gasteiger partial charge in [-0.15, -0.1) is 0 Å². The molecular formula is C13H15FN4O. The highest BCUT2D eigenvalue weighted by Crippen LogP contribution is 2.12. The van der Waals surface area contributed by atoms with Crippen LogP contribution in [0.1, 0.15) is 16.8 Å². The molecule has 0 radical (unpaired) electrons. The number of rotatable bonds is 5. The van der Waals surface area contributed by atoms with Crippen LogP contribution in [-0.2, 0) is 6.54 Å². The first-order chi connectivity index (χ1) is 9.16. The number of imidazole rings is 1. The molecule has 0 saturated carbocycles. The van der Waals surface area contributed by atoms with Crippen molar-refractivity contribution in [3.05, 3.63) is 48.3 Å². The Bertz CT molecular complexity index is 554. The summed E-state index contributed by atoms with van der Waals surface area (Å²) in [5.41, 5.74) is 6.03. The Labute approximate surface area is 110 Å². The predicted octanol–water partition coefficient (Wildman–Crippen LogP) is 1.42. The van der Waals surface area contributed by atoms with Crippen LogP contribution in [0.25, 0.3) is 0 Å². The molecule has 0 atom stereocenters. The summed E-state index contributed by atoms with van der Waals surface area (Å²) in [6.07, 6.45) is 6.07. The maximum atomic E-state index is 12.9. The highest BCUT2D eigenvalue weighted by molar-refractivity contribution is 5.99. The van der Waals surface area contributed by atoms with Gasteiger partial charge in [0.25, 0.3) is 5.91 Å². The summed E-state index contributed by atoms with van der Waals surface area (Å²) in [6.45, 7) is 1.30. The number of nitrogens with zero attached hydrogens (tertiary/aromatic N) is 2. The second-order valence-corrected chi connectivity index (χ2v) is 4.14. The standard InChI is InChI=1S/C13H15FN4O/c14-10-2-3-11(12(15)8-10)13(19)17-4-1-6-18-7-5-16-9-18/h2-3,5,7-9H,1,4,6,15H2,(H,17,19). The fourth-order valence-corrected chi connectivity index (χ4v) is 1.72. The minimum Gasteiger partial charge on any atom is -0.398 e. The van der Waals surface area contributed by atoms with E-state index in [2.05, 4.69) is 10.3 Å². The predicted molar refractivity (Wildman–Crippen MR) is 70.0 cm³/mol. The van der Waals surface area contributed by atoms with Crippen molar-refractivity contribution in [2.75, 3.05) is 12.3 Å². The summed E-state index contributed by atoms with van der Waals surface area (Å²) in [4.78, 5) is 15.7. The van der Waals surface area contributed by atoms with Crippen molar-refractivity contribution in [2.24, 2.45) is 0 Å². The van der Waals surface area contributed by atoms with Crippen molar-refractivity contribution in [1.82, 2.24) is 14.9 Å². The SMILES string of the molecule is Nc1cc(F)ccc1C(=O)NCCCn1ccnc1. The molecule has 0 fully saturated rings. The lowest BCUT2D eigenvalue weighted by Crippen LogP contribution is -2.26. The Kier molecular flexibility index (Phi) is 4.12. The molecule has 0 saturated heterocycles. The molecule has 0 spiro atoms. The van der Waals surface area contributed by atoms with Crippen molar-refractivity contribution < 1.29 is 9.18 Å². The molecule has 1 aromatic heterocycles. The summed E-state index contributed by atoms with van der Waals surface area (Å²) >= 11 is 0. The third-order valence-corrected chi connectivity index (χ3v) is 2.70. The summed E-state index contributed by atoms with van der Waals surface area (Å²) < 4.78 is 14.8. The molecule has 0 aliphatic rings. The van der Waals surface area contributed by atoms with Gasteiger partial charge < -0.3 is 15.6 Å². The number of aromatic nitrogens is 2. The third-order valence-electron chi connectivity index (χ3n) is 2.70. The van der Waals surface area contributed by atoms with Crippen LogP contribution in [0.2, 0.25) is 0 Å². The Hall–Kier alpha value is -2.37. The first-order valence-corrected chi connectivity index (χ1v) is 5.96. The van der Waals surface area contributed by atoms with Crippen molar-refractivity contribution >= 4 is 11.6 Å². The van der Waals surface area contributed by atoms with Crippen LogP contribution in [0, 0.1) is 5.82 Å². The van der Waals surface area contributed by atoms with E-state index in [1.807, 2.05) is 10.8 Å². The number of hydrogen-bond acceptors (Lipinski definition) is 3. The smallest absolute Gasteiger partial charge is 0.253 e. The topological polar surface area (TPSA) is 72.9 Å². The summed E-state index contributed by atoms with van der Waals surface area (Å²) in [6, 6.07) is 3.74. The summed E-state index contributed by atoms with van der Waals surface area (Å²) in [5, 5.41) is 2.75. The number of nitrogen functional groups attached to an aromatic ring is 1. The number of amides is 1.